The van der Waals surface area contributed by atoms with Crippen LogP contribution in [0.4, 0.5) is 0 Å². The third kappa shape index (κ3) is 2.86. The summed E-state index contributed by atoms with van der Waals surface area (Å²) in [5, 5.41) is 35.1. The Balaban J connectivity index is 2.33. The summed E-state index contributed by atoms with van der Waals surface area (Å²) in [5.41, 5.74) is -1.98. The molecule has 0 bridgehead atoms. The number of carbonyl (C=O) groups excluding carboxylic acids is 1. The zero-order chi connectivity index (χ0) is 15.6. The Morgan fingerprint density at radius 1 is 1.57 bits per heavy atom. The van der Waals surface area contributed by atoms with Crippen molar-refractivity contribution in [3.8, 4) is 11.3 Å². The van der Waals surface area contributed by atoms with Crippen molar-refractivity contribution in [1.82, 2.24) is 10.2 Å². The lowest BCUT2D eigenvalue weighted by Crippen LogP contribution is -2.60. The molecule has 2 rings (SSSR count). The number of halogens is 1. The Kier molecular flexibility index (Phi) is 4.76. The molecule has 0 aliphatic carbocycles. The predicted octanol–water partition coefficient (Wildman–Crippen LogP) is -0.976. The van der Waals surface area contributed by atoms with E-state index < -0.39 is 36.3 Å². The topological polar surface area (TPSA) is 102 Å². The first-order chi connectivity index (χ1) is 9.93. The molecule has 1 amide bonds. The van der Waals surface area contributed by atoms with Crippen LogP contribution >= 0.6 is 11.6 Å². The van der Waals surface area contributed by atoms with Gasteiger partial charge in [0.25, 0.3) is 0 Å². The second kappa shape index (κ2) is 6.22. The van der Waals surface area contributed by atoms with Crippen LogP contribution in [0.1, 0.15) is 19.8 Å². The zero-order valence-corrected chi connectivity index (χ0v) is 12.1. The summed E-state index contributed by atoms with van der Waals surface area (Å²) in [4.78, 5) is 12.3. The Morgan fingerprint density at radius 3 is 2.86 bits per heavy atom. The highest BCUT2D eigenvalue weighted by molar-refractivity contribution is 6.30. The molecule has 0 spiro atoms. The van der Waals surface area contributed by atoms with Crippen molar-refractivity contribution < 1.29 is 24.9 Å². The van der Waals surface area contributed by atoms with Gasteiger partial charge in [-0.3, -0.25) is 4.79 Å². The molecule has 5 unspecified atom stereocenters. The van der Waals surface area contributed by atoms with Crippen LogP contribution in [-0.4, -0.2) is 56.5 Å². The molecule has 2 aliphatic rings. The van der Waals surface area contributed by atoms with Crippen LogP contribution in [0.3, 0.4) is 0 Å². The third-order valence-corrected chi connectivity index (χ3v) is 3.62. The van der Waals surface area contributed by atoms with E-state index in [1.807, 2.05) is 12.3 Å². The monoisotopic (exact) mass is 316 g/mol. The number of aliphatic hydroxyl groups excluding tert-OH is 2. The molecule has 2 heterocycles. The molecular weight excluding hydrogens is 300 g/mol. The van der Waals surface area contributed by atoms with Gasteiger partial charge in [-0.2, -0.15) is 0 Å². The average molecular weight is 317 g/mol. The summed E-state index contributed by atoms with van der Waals surface area (Å²) < 4.78 is 5.63. The standard InChI is InChI=1S/C13H17ClN2O5/c1-2-3-8-10(18)13(20,5-6-14)11(21-8)16-7-4-9(17)15-12(16)19/h4,7-8,10-12,18-20H,2-3H2,1H3,(H,15,17). The maximum Gasteiger partial charge on any atom is 0.248 e. The number of aliphatic hydroxyl groups is 3. The van der Waals surface area contributed by atoms with Crippen molar-refractivity contribution in [3.63, 3.8) is 0 Å². The van der Waals surface area contributed by atoms with E-state index in [2.05, 4.69) is 11.2 Å². The van der Waals surface area contributed by atoms with Crippen molar-refractivity contribution in [3.05, 3.63) is 12.3 Å². The van der Waals surface area contributed by atoms with Gasteiger partial charge in [0.1, 0.15) is 6.10 Å². The zero-order valence-electron chi connectivity index (χ0n) is 11.4. The highest BCUT2D eigenvalue weighted by Gasteiger charge is 2.57. The summed E-state index contributed by atoms with van der Waals surface area (Å²) >= 11 is 5.37. The SMILES string of the molecule is CCCC1OC(N2C=CC(=O)NC2O)C(O)(C#CCl)C1O. The van der Waals surface area contributed by atoms with Crippen LogP contribution in [0.5, 0.6) is 0 Å². The number of ether oxygens (including phenoxy) is 1. The van der Waals surface area contributed by atoms with E-state index in [9.17, 15) is 20.1 Å². The number of hydrogen-bond donors (Lipinski definition) is 4. The predicted molar refractivity (Wildman–Crippen MR) is 73.3 cm³/mol. The van der Waals surface area contributed by atoms with Gasteiger partial charge >= 0.3 is 0 Å². The van der Waals surface area contributed by atoms with Crippen molar-refractivity contribution >= 4 is 17.5 Å². The highest BCUT2D eigenvalue weighted by Crippen LogP contribution is 2.36. The van der Waals surface area contributed by atoms with Crippen LogP contribution in [0, 0.1) is 11.3 Å². The van der Waals surface area contributed by atoms with Crippen LogP contribution in [-0.2, 0) is 9.53 Å². The van der Waals surface area contributed by atoms with Crippen molar-refractivity contribution in [2.24, 2.45) is 0 Å². The summed E-state index contributed by atoms with van der Waals surface area (Å²) in [6.07, 6.45) is -0.823. The van der Waals surface area contributed by atoms with Crippen LogP contribution in [0.15, 0.2) is 12.3 Å². The van der Waals surface area contributed by atoms with E-state index in [0.717, 1.165) is 6.42 Å². The highest BCUT2D eigenvalue weighted by atomic mass is 35.5. The molecule has 0 aromatic heterocycles. The van der Waals surface area contributed by atoms with Crippen molar-refractivity contribution in [2.45, 2.75) is 50.2 Å². The lowest BCUT2D eigenvalue weighted by atomic mass is 9.93. The molecule has 2 aliphatic heterocycles. The molecule has 0 aromatic rings. The van der Waals surface area contributed by atoms with E-state index in [0.29, 0.717) is 6.42 Å². The second-order valence-electron chi connectivity index (χ2n) is 4.95. The van der Waals surface area contributed by atoms with Gasteiger partial charge in [-0.25, -0.2) is 0 Å². The molecule has 8 heteroatoms. The van der Waals surface area contributed by atoms with Gasteiger partial charge < -0.3 is 30.3 Å². The summed E-state index contributed by atoms with van der Waals surface area (Å²) in [6, 6.07) is 0. The summed E-state index contributed by atoms with van der Waals surface area (Å²) in [7, 11) is 0. The summed E-state index contributed by atoms with van der Waals surface area (Å²) in [6.45, 7) is 1.91. The molecule has 0 saturated carbocycles. The van der Waals surface area contributed by atoms with Gasteiger partial charge in [0.2, 0.25) is 12.3 Å². The maximum absolute atomic E-state index is 11.2. The van der Waals surface area contributed by atoms with Gasteiger partial charge in [-0.1, -0.05) is 13.3 Å². The average Bonchev–Trinajstić information content (AvgIpc) is 2.65. The minimum Gasteiger partial charge on any atom is -0.386 e. The molecule has 1 saturated heterocycles. The number of nitrogens with one attached hydrogen (secondary N) is 1. The largest absolute Gasteiger partial charge is 0.386 e. The number of rotatable bonds is 3. The number of amides is 1. The first kappa shape index (κ1) is 16.1. The first-order valence-corrected chi connectivity index (χ1v) is 6.94. The Morgan fingerprint density at radius 2 is 2.29 bits per heavy atom. The molecule has 116 valence electrons. The van der Waals surface area contributed by atoms with Crippen LogP contribution < -0.4 is 5.32 Å². The smallest absolute Gasteiger partial charge is 0.248 e. The number of hydrogen-bond acceptors (Lipinski definition) is 6. The van der Waals surface area contributed by atoms with Gasteiger partial charge in [-0.15, -0.1) is 0 Å². The molecule has 1 fully saturated rings. The molecule has 7 nitrogen and oxygen atoms in total. The minimum absolute atomic E-state index is 0.477. The van der Waals surface area contributed by atoms with E-state index in [1.165, 1.54) is 17.2 Å². The van der Waals surface area contributed by atoms with Crippen LogP contribution in [0.2, 0.25) is 0 Å². The van der Waals surface area contributed by atoms with Gasteiger partial charge in [0.15, 0.2) is 11.8 Å². The van der Waals surface area contributed by atoms with Gasteiger partial charge in [0.05, 0.1) is 6.10 Å². The van der Waals surface area contributed by atoms with E-state index in [-0.39, 0.29) is 0 Å². The Hall–Kier alpha value is -1.30. The molecule has 0 radical (unpaired) electrons. The van der Waals surface area contributed by atoms with Gasteiger partial charge in [-0.05, 0) is 23.9 Å². The molecular formula is C13H17ClN2O5. The van der Waals surface area contributed by atoms with E-state index in [1.54, 1.807) is 0 Å². The number of carbonyl (C=O) groups is 1. The van der Waals surface area contributed by atoms with E-state index in [4.69, 9.17) is 16.3 Å². The molecule has 21 heavy (non-hydrogen) atoms. The Bertz CT molecular complexity index is 503. The van der Waals surface area contributed by atoms with E-state index >= 15 is 0 Å². The first-order valence-electron chi connectivity index (χ1n) is 6.57. The third-order valence-electron chi connectivity index (χ3n) is 3.53. The van der Waals surface area contributed by atoms with Crippen molar-refractivity contribution in [2.75, 3.05) is 0 Å². The molecule has 4 N–H and O–H groups in total. The summed E-state index contributed by atoms with van der Waals surface area (Å²) in [5.74, 6) is 1.86. The van der Waals surface area contributed by atoms with Crippen molar-refractivity contribution in [1.29, 1.82) is 0 Å². The molecule has 5 atom stereocenters. The maximum atomic E-state index is 11.2. The second-order valence-corrected chi connectivity index (χ2v) is 5.14. The lowest BCUT2D eigenvalue weighted by molar-refractivity contribution is -0.162. The fraction of sp³-hybridized carbons (Fsp3) is 0.615. The van der Waals surface area contributed by atoms with Crippen LogP contribution in [0.25, 0.3) is 0 Å². The number of nitrogens with zero attached hydrogens (tertiary/aromatic N) is 1. The minimum atomic E-state index is -1.98. The molecule has 0 aromatic carbocycles. The fourth-order valence-corrected chi connectivity index (χ4v) is 2.64. The fourth-order valence-electron chi connectivity index (χ4n) is 2.48. The lowest BCUT2D eigenvalue weighted by Gasteiger charge is -2.38. The quantitative estimate of drug-likeness (QED) is 0.499. The normalized spacial score (nSPS) is 38.9. The Labute approximate surface area is 127 Å². The van der Waals surface area contributed by atoms with Gasteiger partial charge in [0, 0.05) is 17.7 Å².